The lowest BCUT2D eigenvalue weighted by Gasteiger charge is -2.32. The van der Waals surface area contributed by atoms with Crippen LogP contribution in [0.3, 0.4) is 0 Å². The molecule has 7 N–H and O–H groups in total. The van der Waals surface area contributed by atoms with Gasteiger partial charge >= 0.3 is 0 Å². The minimum atomic E-state index is -0.494. The molecule has 0 fully saturated rings. The number of aliphatic imine (C=N–C) groups is 1. The van der Waals surface area contributed by atoms with Crippen LogP contribution in [-0.2, 0) is 4.79 Å². The minimum Gasteiger partial charge on any atom is -1.00 e. The van der Waals surface area contributed by atoms with E-state index in [0.717, 1.165) is 24.1 Å². The van der Waals surface area contributed by atoms with Crippen molar-refractivity contribution in [3.8, 4) is 0 Å². The number of hydrogen-bond donors (Lipinski definition) is 4. The summed E-state index contributed by atoms with van der Waals surface area (Å²) in [6.07, 6.45) is 1.28. The maximum absolute atomic E-state index is 11.8. The number of guanidine groups is 1. The SMILES string of the molecule is CC[N+](C)(CC)CCNC(=O)[C@H](N)CCCN=C(N)N.Cl.Cl.[Cl-]. The number of carbonyl (C=O) groups is 1. The Kier molecular flexibility index (Phi) is 21.7. The van der Waals surface area contributed by atoms with Crippen LogP contribution in [0.5, 0.6) is 0 Å². The summed E-state index contributed by atoms with van der Waals surface area (Å²) in [5.41, 5.74) is 16.3. The number of nitrogens with zero attached hydrogens (tertiary/aromatic N) is 2. The van der Waals surface area contributed by atoms with E-state index in [2.05, 4.69) is 31.2 Å². The highest BCUT2D eigenvalue weighted by molar-refractivity contribution is 5.85. The molecule has 0 aromatic heterocycles. The molecule has 10 heteroatoms. The molecule has 0 aliphatic heterocycles. The lowest BCUT2D eigenvalue weighted by atomic mass is 10.1. The molecule has 1 atom stereocenters. The summed E-state index contributed by atoms with van der Waals surface area (Å²) in [6, 6.07) is -0.494. The summed E-state index contributed by atoms with van der Waals surface area (Å²) in [7, 11) is 2.18. The summed E-state index contributed by atoms with van der Waals surface area (Å²) in [6.45, 7) is 8.48. The molecule has 0 aliphatic rings. The fraction of sp³-hybridized carbons (Fsp3) is 0.846. The third-order valence-electron chi connectivity index (χ3n) is 3.78. The number of carbonyl (C=O) groups excluding carboxylic acids is 1. The lowest BCUT2D eigenvalue weighted by Crippen LogP contribution is -3.00. The van der Waals surface area contributed by atoms with Gasteiger partial charge in [-0.05, 0) is 26.7 Å². The Hall–Kier alpha value is -0.470. The predicted octanol–water partition coefficient (Wildman–Crippen LogP) is -3.18. The van der Waals surface area contributed by atoms with E-state index in [-0.39, 0.29) is 49.1 Å². The van der Waals surface area contributed by atoms with Crippen molar-refractivity contribution in [2.45, 2.75) is 32.7 Å². The monoisotopic (exact) mass is 394 g/mol. The molecule has 0 aliphatic carbocycles. The zero-order valence-corrected chi connectivity index (χ0v) is 16.6. The molecule has 0 unspecified atom stereocenters. The van der Waals surface area contributed by atoms with Gasteiger partial charge < -0.3 is 39.4 Å². The molecular formula is C13H33Cl3N6O. The maximum Gasteiger partial charge on any atom is 0.237 e. The Bertz CT molecular complexity index is 323. The third-order valence-corrected chi connectivity index (χ3v) is 3.78. The van der Waals surface area contributed by atoms with Gasteiger partial charge in [0.2, 0.25) is 5.91 Å². The summed E-state index contributed by atoms with van der Waals surface area (Å²) >= 11 is 0. The highest BCUT2D eigenvalue weighted by atomic mass is 35.5. The first kappa shape index (κ1) is 30.4. The van der Waals surface area contributed by atoms with Crippen LogP contribution in [-0.4, -0.2) is 62.2 Å². The van der Waals surface area contributed by atoms with Crippen molar-refractivity contribution < 1.29 is 21.7 Å². The first-order chi connectivity index (χ1) is 9.34. The van der Waals surface area contributed by atoms with E-state index < -0.39 is 6.04 Å². The first-order valence-corrected chi connectivity index (χ1v) is 7.27. The van der Waals surface area contributed by atoms with Crippen molar-refractivity contribution in [3.63, 3.8) is 0 Å². The Labute approximate surface area is 158 Å². The number of rotatable bonds is 10. The predicted molar refractivity (Wildman–Crippen MR) is 97.5 cm³/mol. The minimum absolute atomic E-state index is 0. The van der Waals surface area contributed by atoms with E-state index in [1.807, 2.05) is 0 Å². The molecule has 0 saturated heterocycles. The van der Waals surface area contributed by atoms with Crippen LogP contribution in [0.2, 0.25) is 0 Å². The summed E-state index contributed by atoms with van der Waals surface area (Å²) in [5, 5.41) is 2.89. The van der Waals surface area contributed by atoms with Gasteiger partial charge in [-0.2, -0.15) is 0 Å². The molecule has 0 aromatic carbocycles. The molecule has 0 saturated carbocycles. The summed E-state index contributed by atoms with van der Waals surface area (Å²) in [5.74, 6) is -0.0346. The summed E-state index contributed by atoms with van der Waals surface area (Å²) in [4.78, 5) is 15.7. The molecule has 7 nitrogen and oxygen atoms in total. The van der Waals surface area contributed by atoms with Crippen LogP contribution in [0.25, 0.3) is 0 Å². The van der Waals surface area contributed by atoms with E-state index in [9.17, 15) is 4.79 Å². The van der Waals surface area contributed by atoms with Crippen molar-refractivity contribution in [1.82, 2.24) is 5.32 Å². The smallest absolute Gasteiger partial charge is 0.237 e. The average Bonchev–Trinajstić information content (AvgIpc) is 2.42. The van der Waals surface area contributed by atoms with Crippen molar-refractivity contribution >= 4 is 36.7 Å². The molecule has 142 valence electrons. The van der Waals surface area contributed by atoms with Crippen molar-refractivity contribution in [2.24, 2.45) is 22.2 Å². The highest BCUT2D eigenvalue weighted by Gasteiger charge is 2.17. The number of quaternary nitrogens is 1. The number of likely N-dealkylation sites (N-methyl/N-ethyl adjacent to an activating group) is 1. The van der Waals surface area contributed by atoms with Gasteiger partial charge in [-0.1, -0.05) is 0 Å². The van der Waals surface area contributed by atoms with Crippen molar-refractivity contribution in [1.29, 1.82) is 0 Å². The van der Waals surface area contributed by atoms with Gasteiger partial charge in [0.25, 0.3) is 0 Å². The van der Waals surface area contributed by atoms with E-state index in [1.165, 1.54) is 0 Å². The standard InChI is InChI=1S/C13H30N6O.3ClH/c1-4-19(3,5-2)10-9-17-12(20)11(14)7-6-8-18-13(15)16;;;/h11H,4-10,14H2,1-3H3,(H4-,15,16,17,18,20);3*1H/t11-;;;/m1.../s1. The fourth-order valence-corrected chi connectivity index (χ4v) is 1.77. The highest BCUT2D eigenvalue weighted by Crippen LogP contribution is 2.00. The number of nitrogens with one attached hydrogen (secondary N) is 1. The quantitative estimate of drug-likeness (QED) is 0.135. The second-order valence-electron chi connectivity index (χ2n) is 5.32. The topological polar surface area (TPSA) is 120 Å². The molecular weight excluding hydrogens is 363 g/mol. The zero-order valence-electron chi connectivity index (χ0n) is 14.3. The van der Waals surface area contributed by atoms with E-state index in [0.29, 0.717) is 25.9 Å². The van der Waals surface area contributed by atoms with E-state index in [1.54, 1.807) is 0 Å². The first-order valence-electron chi connectivity index (χ1n) is 7.27. The van der Waals surface area contributed by atoms with Crippen molar-refractivity contribution in [2.75, 3.05) is 39.8 Å². The fourth-order valence-electron chi connectivity index (χ4n) is 1.77. The third kappa shape index (κ3) is 14.8. The lowest BCUT2D eigenvalue weighted by molar-refractivity contribution is -0.904. The summed E-state index contributed by atoms with van der Waals surface area (Å²) < 4.78 is 0.944. The van der Waals surface area contributed by atoms with Gasteiger partial charge in [-0.3, -0.25) is 9.79 Å². The number of halogens is 3. The molecule has 23 heavy (non-hydrogen) atoms. The largest absolute Gasteiger partial charge is 1.00 e. The van der Waals surface area contributed by atoms with Gasteiger partial charge in [0, 0.05) is 6.54 Å². The normalized spacial score (nSPS) is 11.1. The Morgan fingerprint density at radius 1 is 1.22 bits per heavy atom. The zero-order chi connectivity index (χ0) is 15.6. The van der Waals surface area contributed by atoms with Gasteiger partial charge in [0.1, 0.15) is 0 Å². The Balaban J connectivity index is -0.000000602. The second-order valence-corrected chi connectivity index (χ2v) is 5.32. The molecule has 0 radical (unpaired) electrons. The number of hydrogen-bond acceptors (Lipinski definition) is 3. The van der Waals surface area contributed by atoms with Gasteiger partial charge in [0.05, 0.1) is 39.3 Å². The van der Waals surface area contributed by atoms with Gasteiger partial charge in [-0.25, -0.2) is 0 Å². The maximum atomic E-state index is 11.8. The van der Waals surface area contributed by atoms with Gasteiger partial charge in [-0.15, -0.1) is 24.8 Å². The van der Waals surface area contributed by atoms with Crippen molar-refractivity contribution in [3.05, 3.63) is 0 Å². The van der Waals surface area contributed by atoms with Crippen LogP contribution in [0.4, 0.5) is 0 Å². The molecule has 0 spiro atoms. The number of nitrogens with two attached hydrogens (primary N) is 3. The second kappa shape index (κ2) is 16.4. The van der Waals surface area contributed by atoms with E-state index in [4.69, 9.17) is 17.2 Å². The Morgan fingerprint density at radius 3 is 2.17 bits per heavy atom. The van der Waals surface area contributed by atoms with Crippen LogP contribution < -0.4 is 34.9 Å². The Morgan fingerprint density at radius 2 is 1.74 bits per heavy atom. The number of amides is 1. The molecule has 0 bridgehead atoms. The van der Waals surface area contributed by atoms with Gasteiger partial charge in [0.15, 0.2) is 5.96 Å². The van der Waals surface area contributed by atoms with Crippen LogP contribution >= 0.6 is 24.8 Å². The van der Waals surface area contributed by atoms with Crippen LogP contribution in [0, 0.1) is 0 Å². The average molecular weight is 396 g/mol. The molecule has 0 rings (SSSR count). The molecule has 1 amide bonds. The molecule has 0 heterocycles. The van der Waals surface area contributed by atoms with Crippen LogP contribution in [0.15, 0.2) is 4.99 Å². The van der Waals surface area contributed by atoms with E-state index >= 15 is 0 Å². The molecule has 0 aromatic rings. The van der Waals surface area contributed by atoms with Crippen LogP contribution in [0.1, 0.15) is 26.7 Å².